The first-order chi connectivity index (χ1) is 11.9. The van der Waals surface area contributed by atoms with Gasteiger partial charge in [-0.1, -0.05) is 60.7 Å². The Kier molecular flexibility index (Phi) is 6.79. The van der Waals surface area contributed by atoms with Gasteiger partial charge in [0.1, 0.15) is 0 Å². The van der Waals surface area contributed by atoms with Crippen LogP contribution in [-0.4, -0.2) is 0 Å². The predicted molar refractivity (Wildman–Crippen MR) is 99.3 cm³/mol. The Hall–Kier alpha value is -1.04. The molecule has 2 aromatic carbocycles. The normalized spacial score (nSPS) is 21.0. The van der Waals surface area contributed by atoms with Gasteiger partial charge in [-0.25, -0.2) is 0 Å². The van der Waals surface area contributed by atoms with E-state index in [0.717, 1.165) is 0 Å². The van der Waals surface area contributed by atoms with Crippen LogP contribution in [0, 0.1) is 63.2 Å². The van der Waals surface area contributed by atoms with Gasteiger partial charge in [-0.05, 0) is 86.2 Å². The van der Waals surface area contributed by atoms with Crippen LogP contribution in [0.25, 0.3) is 0 Å². The Bertz CT molecular complexity index is 552. The summed E-state index contributed by atoms with van der Waals surface area (Å²) in [4.78, 5) is 0. The second kappa shape index (κ2) is 9.06. The fourth-order valence-corrected chi connectivity index (χ4v) is 3.67. The first kappa shape index (κ1) is 18.7. The SMILES string of the molecule is [CH]1[CH][CH][C]([C@H](c2ccccc2)[C@H]([C]2[CH][CH][CH][CH]2)c2ccccc2)[CH]1.[Fe+2]. The van der Waals surface area contributed by atoms with Crippen LogP contribution in [0.15, 0.2) is 60.7 Å². The van der Waals surface area contributed by atoms with E-state index in [0.29, 0.717) is 11.8 Å². The van der Waals surface area contributed by atoms with Crippen molar-refractivity contribution >= 4 is 0 Å². The van der Waals surface area contributed by atoms with Crippen molar-refractivity contribution in [3.8, 4) is 0 Å². The zero-order chi connectivity index (χ0) is 16.2. The molecule has 4 rings (SSSR count). The Morgan fingerprint density at radius 3 is 1.08 bits per heavy atom. The van der Waals surface area contributed by atoms with Crippen LogP contribution in [0.1, 0.15) is 23.0 Å². The van der Waals surface area contributed by atoms with Gasteiger partial charge < -0.3 is 0 Å². The van der Waals surface area contributed by atoms with Gasteiger partial charge >= 0.3 is 17.1 Å². The van der Waals surface area contributed by atoms with Crippen LogP contribution in [-0.2, 0) is 17.1 Å². The molecule has 0 unspecified atom stereocenters. The second-order valence-corrected chi connectivity index (χ2v) is 6.21. The van der Waals surface area contributed by atoms with Crippen LogP contribution >= 0.6 is 0 Å². The van der Waals surface area contributed by atoms with Gasteiger partial charge in [0, 0.05) is 0 Å². The number of hydrogen-bond donors (Lipinski definition) is 0. The van der Waals surface area contributed by atoms with Crippen molar-refractivity contribution in [2.24, 2.45) is 0 Å². The van der Waals surface area contributed by atoms with E-state index in [-0.39, 0.29) is 17.1 Å². The van der Waals surface area contributed by atoms with Crippen LogP contribution in [0.4, 0.5) is 0 Å². The molecular weight excluding hydrogens is 344 g/mol. The smallest absolute Gasteiger partial charge is 0.0622 e. The third-order valence-electron chi connectivity index (χ3n) is 4.75. The van der Waals surface area contributed by atoms with Gasteiger partial charge in [0.25, 0.3) is 0 Å². The van der Waals surface area contributed by atoms with Gasteiger partial charge in [0.05, 0.1) is 0 Å². The van der Waals surface area contributed by atoms with Crippen LogP contribution < -0.4 is 0 Å². The summed E-state index contributed by atoms with van der Waals surface area (Å²) in [5, 5.41) is 0. The molecule has 0 aromatic heterocycles. The van der Waals surface area contributed by atoms with E-state index in [1.165, 1.54) is 23.0 Å². The summed E-state index contributed by atoms with van der Waals surface area (Å²) in [6.45, 7) is 0. The van der Waals surface area contributed by atoms with E-state index >= 15 is 0 Å². The van der Waals surface area contributed by atoms with Gasteiger partial charge in [0.15, 0.2) is 0 Å². The molecule has 0 amide bonds. The standard InChI is InChI=1S/C24H20.Fe/c1-3-11-19(12-4-1)23(21-15-7-8-16-21)24(22-17-9-10-18-22)20-13-5-2-6-14-20;/h1-18,23-24H;/q;+2/t23-,24-;/m0./s1. The second-order valence-electron chi connectivity index (χ2n) is 6.21. The Morgan fingerprint density at radius 2 is 0.760 bits per heavy atom. The molecule has 0 spiro atoms. The molecule has 2 saturated carbocycles. The maximum absolute atomic E-state index is 2.25. The minimum atomic E-state index is 0. The van der Waals surface area contributed by atoms with E-state index in [1.807, 2.05) is 0 Å². The molecule has 0 aliphatic heterocycles. The third-order valence-corrected chi connectivity index (χ3v) is 4.75. The van der Waals surface area contributed by atoms with E-state index in [9.17, 15) is 0 Å². The van der Waals surface area contributed by atoms with Crippen molar-refractivity contribution in [1.82, 2.24) is 0 Å². The Morgan fingerprint density at radius 1 is 0.440 bits per heavy atom. The van der Waals surface area contributed by atoms with Crippen molar-refractivity contribution < 1.29 is 17.1 Å². The molecule has 10 radical (unpaired) electrons. The minimum absolute atomic E-state index is 0. The van der Waals surface area contributed by atoms with Gasteiger partial charge in [-0.3, -0.25) is 0 Å². The third kappa shape index (κ3) is 4.21. The molecule has 0 heterocycles. The average molecular weight is 364 g/mol. The number of hydrogen-bond acceptors (Lipinski definition) is 0. The fraction of sp³-hybridized carbons (Fsp3) is 0.0833. The van der Waals surface area contributed by atoms with Crippen LogP contribution in [0.3, 0.4) is 0 Å². The summed E-state index contributed by atoms with van der Waals surface area (Å²) in [6.07, 6.45) is 17.5. The molecule has 2 atom stereocenters. The maximum Gasteiger partial charge on any atom is 2.00 e. The minimum Gasteiger partial charge on any atom is -0.0622 e. The molecule has 0 saturated heterocycles. The van der Waals surface area contributed by atoms with Gasteiger partial charge in [-0.15, -0.1) is 0 Å². The number of benzene rings is 2. The molecule has 2 aliphatic rings. The summed E-state index contributed by atoms with van der Waals surface area (Å²) < 4.78 is 0. The summed E-state index contributed by atoms with van der Waals surface area (Å²) in [7, 11) is 0. The largest absolute Gasteiger partial charge is 2.00 e. The molecule has 0 bridgehead atoms. The predicted octanol–water partition coefficient (Wildman–Crippen LogP) is 5.36. The Labute approximate surface area is 163 Å². The van der Waals surface area contributed by atoms with Crippen LogP contribution in [0.5, 0.6) is 0 Å². The summed E-state index contributed by atoms with van der Waals surface area (Å²) >= 11 is 0. The van der Waals surface area contributed by atoms with Crippen LogP contribution in [0.2, 0.25) is 0 Å². The molecule has 2 aliphatic carbocycles. The fourth-order valence-electron chi connectivity index (χ4n) is 3.67. The molecule has 0 N–H and O–H groups in total. The molecule has 2 aromatic rings. The van der Waals surface area contributed by atoms with Crippen molar-refractivity contribution in [3.63, 3.8) is 0 Å². The van der Waals surface area contributed by atoms with Crippen molar-refractivity contribution in [2.45, 2.75) is 11.8 Å². The average Bonchev–Trinajstić information content (AvgIpc) is 3.35. The van der Waals surface area contributed by atoms with Crippen molar-refractivity contribution in [3.05, 3.63) is 135 Å². The molecule has 1 heteroatoms. The van der Waals surface area contributed by atoms with Gasteiger partial charge in [-0.2, -0.15) is 0 Å². The summed E-state index contributed by atoms with van der Waals surface area (Å²) in [5.74, 6) is 3.37. The molecule has 122 valence electrons. The first-order valence-electron chi connectivity index (χ1n) is 8.46. The summed E-state index contributed by atoms with van der Waals surface area (Å²) in [6, 6.07) is 21.7. The zero-order valence-electron chi connectivity index (χ0n) is 13.9. The number of rotatable bonds is 5. The quantitative estimate of drug-likeness (QED) is 0.627. The molecular formula is C24H20Fe+2. The maximum atomic E-state index is 2.25. The molecule has 2 fully saturated rings. The van der Waals surface area contributed by atoms with Crippen molar-refractivity contribution in [2.75, 3.05) is 0 Å². The monoisotopic (exact) mass is 364 g/mol. The van der Waals surface area contributed by atoms with E-state index in [2.05, 4.69) is 112 Å². The first-order valence-corrected chi connectivity index (χ1v) is 8.46. The van der Waals surface area contributed by atoms with Gasteiger partial charge in [0.2, 0.25) is 0 Å². The van der Waals surface area contributed by atoms with E-state index < -0.39 is 0 Å². The van der Waals surface area contributed by atoms with E-state index in [1.54, 1.807) is 0 Å². The molecule has 25 heavy (non-hydrogen) atoms. The van der Waals surface area contributed by atoms with E-state index in [4.69, 9.17) is 0 Å². The van der Waals surface area contributed by atoms with Crippen molar-refractivity contribution in [1.29, 1.82) is 0 Å². The zero-order valence-corrected chi connectivity index (χ0v) is 15.0. The topological polar surface area (TPSA) is 0 Å². The molecule has 0 nitrogen and oxygen atoms in total. The summed E-state index contributed by atoms with van der Waals surface area (Å²) in [5.41, 5.74) is 2.72. The Balaban J connectivity index is 0.00000182.